The highest BCUT2D eigenvalue weighted by Gasteiger charge is 2.27. The average molecular weight is 225 g/mol. The van der Waals surface area contributed by atoms with Crippen molar-refractivity contribution in [2.75, 3.05) is 0 Å². The van der Waals surface area contributed by atoms with Crippen molar-refractivity contribution in [1.29, 1.82) is 0 Å². The number of amides is 2. The van der Waals surface area contributed by atoms with Gasteiger partial charge in [0.05, 0.1) is 0 Å². The van der Waals surface area contributed by atoms with Crippen LogP contribution in [0.3, 0.4) is 0 Å². The van der Waals surface area contributed by atoms with Crippen molar-refractivity contribution in [3.63, 3.8) is 0 Å². The fraction of sp³-hybridized carbons (Fsp3) is 0.545. The lowest BCUT2D eigenvalue weighted by atomic mass is 10.1. The summed E-state index contributed by atoms with van der Waals surface area (Å²) in [5.41, 5.74) is 0. The van der Waals surface area contributed by atoms with Gasteiger partial charge in [0.25, 0.3) is 11.8 Å². The quantitative estimate of drug-likeness (QED) is 0.539. The number of rotatable bonds is 6. The predicted octanol–water partition coefficient (Wildman–Crippen LogP) is 0.945. The van der Waals surface area contributed by atoms with Crippen LogP contribution < -0.4 is 0 Å². The smallest absolute Gasteiger partial charge is 0.303 e. The van der Waals surface area contributed by atoms with Crippen LogP contribution in [0.15, 0.2) is 12.2 Å². The molecule has 0 aliphatic carbocycles. The topological polar surface area (TPSA) is 74.7 Å². The Morgan fingerprint density at radius 1 is 1.31 bits per heavy atom. The van der Waals surface area contributed by atoms with E-state index in [1.165, 1.54) is 17.1 Å². The molecule has 0 bridgehead atoms. The number of carboxylic acids is 1. The Balaban J connectivity index is 2.30. The second kappa shape index (κ2) is 5.44. The van der Waals surface area contributed by atoms with Gasteiger partial charge in [-0.2, -0.15) is 0 Å². The summed E-state index contributed by atoms with van der Waals surface area (Å²) in [6, 6.07) is -0.163. The first kappa shape index (κ1) is 12.4. The number of imide groups is 1. The fourth-order valence-corrected chi connectivity index (χ4v) is 1.69. The van der Waals surface area contributed by atoms with Crippen LogP contribution in [0.1, 0.15) is 32.6 Å². The summed E-state index contributed by atoms with van der Waals surface area (Å²) < 4.78 is 0. The average Bonchev–Trinajstić information content (AvgIpc) is 2.53. The lowest BCUT2D eigenvalue weighted by molar-refractivity contribution is -0.140. The molecule has 1 aliphatic rings. The zero-order chi connectivity index (χ0) is 12.1. The number of carbonyl (C=O) groups excluding carboxylic acids is 2. The molecule has 0 radical (unpaired) electrons. The molecule has 0 spiro atoms. The molecule has 5 nitrogen and oxygen atoms in total. The van der Waals surface area contributed by atoms with Crippen LogP contribution in [0.4, 0.5) is 0 Å². The normalized spacial score (nSPS) is 16.9. The van der Waals surface area contributed by atoms with E-state index in [0.717, 1.165) is 0 Å². The van der Waals surface area contributed by atoms with Crippen LogP contribution in [0.5, 0.6) is 0 Å². The number of carboxylic acid groups (broad SMARTS) is 1. The summed E-state index contributed by atoms with van der Waals surface area (Å²) in [4.78, 5) is 34.1. The van der Waals surface area contributed by atoms with Crippen LogP contribution in [-0.4, -0.2) is 33.8 Å². The van der Waals surface area contributed by atoms with E-state index in [1.807, 2.05) is 0 Å². The summed E-state index contributed by atoms with van der Waals surface area (Å²) in [7, 11) is 0. The van der Waals surface area contributed by atoms with Gasteiger partial charge in [-0.1, -0.05) is 6.42 Å². The summed E-state index contributed by atoms with van der Waals surface area (Å²) in [6.07, 6.45) is 4.57. The summed E-state index contributed by atoms with van der Waals surface area (Å²) >= 11 is 0. The monoisotopic (exact) mass is 225 g/mol. The summed E-state index contributed by atoms with van der Waals surface area (Å²) in [6.45, 7) is 1.80. The molecule has 1 heterocycles. The SMILES string of the molecule is CC(CCCCC(=O)O)N1C(=O)C=CC1=O. The Kier molecular flexibility index (Phi) is 4.22. The fourth-order valence-electron chi connectivity index (χ4n) is 1.69. The Morgan fingerprint density at radius 2 is 1.88 bits per heavy atom. The largest absolute Gasteiger partial charge is 0.481 e. The Hall–Kier alpha value is -1.65. The molecule has 1 unspecified atom stereocenters. The number of hydrogen-bond acceptors (Lipinski definition) is 3. The van der Waals surface area contributed by atoms with E-state index in [2.05, 4.69) is 0 Å². The first-order valence-corrected chi connectivity index (χ1v) is 5.29. The summed E-state index contributed by atoms with van der Waals surface area (Å²) in [5, 5.41) is 8.45. The number of carbonyl (C=O) groups is 3. The van der Waals surface area contributed by atoms with E-state index < -0.39 is 5.97 Å². The molecule has 0 aromatic carbocycles. The van der Waals surface area contributed by atoms with Crippen molar-refractivity contribution in [2.45, 2.75) is 38.6 Å². The third-order valence-electron chi connectivity index (χ3n) is 2.55. The van der Waals surface area contributed by atoms with Crippen molar-refractivity contribution in [2.24, 2.45) is 0 Å². The molecule has 0 fully saturated rings. The van der Waals surface area contributed by atoms with E-state index in [9.17, 15) is 14.4 Å². The van der Waals surface area contributed by atoms with Crippen molar-refractivity contribution >= 4 is 17.8 Å². The zero-order valence-electron chi connectivity index (χ0n) is 9.18. The van der Waals surface area contributed by atoms with E-state index >= 15 is 0 Å². The van der Waals surface area contributed by atoms with Gasteiger partial charge in [0.2, 0.25) is 0 Å². The molecular formula is C11H15NO4. The van der Waals surface area contributed by atoms with Gasteiger partial charge in [-0.3, -0.25) is 19.3 Å². The molecule has 0 aromatic rings. The third-order valence-corrected chi connectivity index (χ3v) is 2.55. The third kappa shape index (κ3) is 3.18. The highest BCUT2D eigenvalue weighted by atomic mass is 16.4. The van der Waals surface area contributed by atoms with Crippen molar-refractivity contribution in [3.05, 3.63) is 12.2 Å². The molecule has 5 heteroatoms. The van der Waals surface area contributed by atoms with Gasteiger partial charge in [-0.15, -0.1) is 0 Å². The van der Waals surface area contributed by atoms with Crippen LogP contribution in [0.25, 0.3) is 0 Å². The van der Waals surface area contributed by atoms with Crippen LogP contribution in [0, 0.1) is 0 Å². The van der Waals surface area contributed by atoms with Crippen LogP contribution in [0.2, 0.25) is 0 Å². The molecule has 2 amide bonds. The Morgan fingerprint density at radius 3 is 2.38 bits per heavy atom. The second-order valence-electron chi connectivity index (χ2n) is 3.87. The molecule has 0 saturated carbocycles. The molecule has 0 saturated heterocycles. The highest BCUT2D eigenvalue weighted by molar-refractivity contribution is 6.13. The van der Waals surface area contributed by atoms with Crippen molar-refractivity contribution in [3.8, 4) is 0 Å². The van der Waals surface area contributed by atoms with Crippen molar-refractivity contribution < 1.29 is 19.5 Å². The van der Waals surface area contributed by atoms with Crippen LogP contribution >= 0.6 is 0 Å². The number of hydrogen-bond donors (Lipinski definition) is 1. The van der Waals surface area contributed by atoms with Crippen LogP contribution in [-0.2, 0) is 14.4 Å². The van der Waals surface area contributed by atoms with Gasteiger partial charge in [-0.25, -0.2) is 0 Å². The lowest BCUT2D eigenvalue weighted by Gasteiger charge is -2.22. The standard InChI is InChI=1S/C11H15NO4/c1-8(4-2-3-5-11(15)16)12-9(13)6-7-10(12)14/h6-8H,2-5H2,1H3,(H,15,16). The number of aliphatic carboxylic acids is 1. The van der Waals surface area contributed by atoms with E-state index in [4.69, 9.17) is 5.11 Å². The Labute approximate surface area is 93.7 Å². The molecule has 1 N–H and O–H groups in total. The van der Waals surface area contributed by atoms with Crippen molar-refractivity contribution in [1.82, 2.24) is 4.90 Å². The maximum Gasteiger partial charge on any atom is 0.303 e. The minimum absolute atomic E-state index is 0.132. The Bertz CT molecular complexity index is 317. The highest BCUT2D eigenvalue weighted by Crippen LogP contribution is 2.14. The maximum absolute atomic E-state index is 11.3. The van der Waals surface area contributed by atoms with Gasteiger partial charge in [-0.05, 0) is 19.8 Å². The summed E-state index contributed by atoms with van der Waals surface area (Å²) in [5.74, 6) is -1.38. The molecule has 16 heavy (non-hydrogen) atoms. The minimum atomic E-state index is -0.817. The molecule has 0 aromatic heterocycles. The van der Waals surface area contributed by atoms with E-state index in [-0.39, 0.29) is 24.3 Å². The minimum Gasteiger partial charge on any atom is -0.481 e. The number of nitrogens with zero attached hydrogens (tertiary/aromatic N) is 1. The molecule has 1 atom stereocenters. The molecular weight excluding hydrogens is 210 g/mol. The van der Waals surface area contributed by atoms with Gasteiger partial charge < -0.3 is 5.11 Å². The van der Waals surface area contributed by atoms with Gasteiger partial charge >= 0.3 is 5.97 Å². The predicted molar refractivity (Wildman–Crippen MR) is 56.6 cm³/mol. The second-order valence-corrected chi connectivity index (χ2v) is 3.87. The molecule has 88 valence electrons. The zero-order valence-corrected chi connectivity index (χ0v) is 9.18. The van der Waals surface area contributed by atoms with Gasteiger partial charge in [0.1, 0.15) is 0 Å². The number of unbranched alkanes of at least 4 members (excludes halogenated alkanes) is 1. The van der Waals surface area contributed by atoms with Gasteiger partial charge in [0, 0.05) is 24.6 Å². The van der Waals surface area contributed by atoms with E-state index in [0.29, 0.717) is 19.3 Å². The maximum atomic E-state index is 11.3. The first-order chi connectivity index (χ1) is 7.52. The van der Waals surface area contributed by atoms with E-state index in [1.54, 1.807) is 6.92 Å². The molecule has 1 aliphatic heterocycles. The molecule has 1 rings (SSSR count). The lowest BCUT2D eigenvalue weighted by Crippen LogP contribution is -2.38. The first-order valence-electron chi connectivity index (χ1n) is 5.29. The van der Waals surface area contributed by atoms with Gasteiger partial charge in [0.15, 0.2) is 0 Å².